The number of rotatable bonds is 12. The number of hydrazine groups is 1. The van der Waals surface area contributed by atoms with E-state index in [4.69, 9.17) is 5.73 Å². The molecule has 0 fully saturated rings. The molecule has 13 nitrogen and oxygen atoms in total. The Morgan fingerprint density at radius 2 is 1.56 bits per heavy atom. The Morgan fingerprint density at radius 3 is 2.00 bits per heavy atom. The second-order valence-electron chi connectivity index (χ2n) is 8.45. The van der Waals surface area contributed by atoms with Gasteiger partial charge < -0.3 is 26.2 Å². The van der Waals surface area contributed by atoms with Gasteiger partial charge in [0.2, 0.25) is 23.3 Å². The smallest absolute Gasteiger partial charge is 0.346 e. The van der Waals surface area contributed by atoms with E-state index >= 15 is 0 Å². The number of nitrogens with two attached hydrogens (primary N) is 1. The molecule has 4 atom stereocenters. The van der Waals surface area contributed by atoms with Crippen LogP contribution in [0.3, 0.4) is 0 Å². The number of ketones is 1. The maximum atomic E-state index is 12.8. The number of hydrogen-bond acceptors (Lipinski definition) is 9. The van der Waals surface area contributed by atoms with Crippen molar-refractivity contribution in [2.75, 3.05) is 13.7 Å². The number of Topliss-reactive ketones (excluding diaryl/α,β-unsaturated/α-hetero) is 1. The molecule has 0 rings (SSSR count). The van der Waals surface area contributed by atoms with Crippen molar-refractivity contribution >= 4 is 35.4 Å². The van der Waals surface area contributed by atoms with Gasteiger partial charge in [-0.1, -0.05) is 13.8 Å². The third kappa shape index (κ3) is 9.43. The van der Waals surface area contributed by atoms with E-state index in [1.54, 1.807) is 0 Å². The molecule has 0 radical (unpaired) electrons. The normalized spacial score (nSPS) is 15.2. The fourth-order valence-corrected chi connectivity index (χ4v) is 2.64. The van der Waals surface area contributed by atoms with Crippen LogP contribution in [0.1, 0.15) is 54.4 Å². The molecule has 0 spiro atoms. The van der Waals surface area contributed by atoms with Crippen LogP contribution in [0.4, 0.5) is 0 Å². The second-order valence-corrected chi connectivity index (χ2v) is 8.45. The molecule has 0 heterocycles. The molecule has 0 bridgehead atoms. The van der Waals surface area contributed by atoms with Crippen LogP contribution in [0.5, 0.6) is 0 Å². The molecule has 4 amide bonds. The van der Waals surface area contributed by atoms with Crippen molar-refractivity contribution < 1.29 is 38.6 Å². The van der Waals surface area contributed by atoms with E-state index in [1.165, 1.54) is 20.8 Å². The highest BCUT2D eigenvalue weighted by Gasteiger charge is 2.45. The SMILES string of the molecule is CCOC(=O)C(O)(CC(=O)N(C)NC(=O)[C@H](CC(C)C)NC(=O)[C@H](C)NC(=O)[C@H](C)N)C(C)=O. The quantitative estimate of drug-likeness (QED) is 0.119. The summed E-state index contributed by atoms with van der Waals surface area (Å²) in [5, 5.41) is 16.0. The van der Waals surface area contributed by atoms with Crippen molar-refractivity contribution in [2.24, 2.45) is 11.7 Å². The minimum absolute atomic E-state index is 0.0300. The van der Waals surface area contributed by atoms with Crippen LogP contribution in [-0.4, -0.2) is 82.9 Å². The molecule has 0 aromatic heterocycles. The van der Waals surface area contributed by atoms with Crippen LogP contribution in [0, 0.1) is 5.92 Å². The standard InChI is InChI=1S/C21H37N5O8/c1-8-34-20(32)21(33,14(6)27)10-16(28)26(7)25-19(31)15(9-11(2)3)24-18(30)13(5)23-17(29)12(4)22/h11-13,15,33H,8-10,22H2,1-7H3,(H,23,29)(H,24,30)(H,25,31)/t12-,13-,15-,21?/m0/s1. The highest BCUT2D eigenvalue weighted by atomic mass is 16.5. The van der Waals surface area contributed by atoms with Crippen molar-refractivity contribution in [1.29, 1.82) is 0 Å². The van der Waals surface area contributed by atoms with Gasteiger partial charge in [-0.25, -0.2) is 4.79 Å². The monoisotopic (exact) mass is 487 g/mol. The first-order valence-electron chi connectivity index (χ1n) is 10.9. The third-order valence-corrected chi connectivity index (χ3v) is 4.76. The number of carbonyl (C=O) groups excluding carboxylic acids is 6. The Labute approximate surface area is 199 Å². The van der Waals surface area contributed by atoms with E-state index in [2.05, 4.69) is 20.8 Å². The predicted octanol–water partition coefficient (Wildman–Crippen LogP) is -1.87. The Hall–Kier alpha value is -3.06. The lowest BCUT2D eigenvalue weighted by Gasteiger charge is -2.28. The van der Waals surface area contributed by atoms with Gasteiger partial charge in [0.1, 0.15) is 12.1 Å². The molecule has 6 N–H and O–H groups in total. The van der Waals surface area contributed by atoms with Crippen LogP contribution in [0.15, 0.2) is 0 Å². The van der Waals surface area contributed by atoms with Gasteiger partial charge in [-0.15, -0.1) is 0 Å². The minimum Gasteiger partial charge on any atom is -0.464 e. The van der Waals surface area contributed by atoms with E-state index in [9.17, 15) is 33.9 Å². The van der Waals surface area contributed by atoms with Crippen LogP contribution in [-0.2, 0) is 33.5 Å². The Balaban J connectivity index is 5.35. The van der Waals surface area contributed by atoms with E-state index in [-0.39, 0.29) is 18.9 Å². The van der Waals surface area contributed by atoms with Crippen LogP contribution < -0.4 is 21.8 Å². The molecular weight excluding hydrogens is 450 g/mol. The van der Waals surface area contributed by atoms with Gasteiger partial charge in [0, 0.05) is 7.05 Å². The lowest BCUT2D eigenvalue weighted by molar-refractivity contribution is -0.173. The van der Waals surface area contributed by atoms with E-state index in [0.29, 0.717) is 5.01 Å². The van der Waals surface area contributed by atoms with Crippen molar-refractivity contribution in [3.05, 3.63) is 0 Å². The van der Waals surface area contributed by atoms with Gasteiger partial charge in [0.05, 0.1) is 19.1 Å². The number of carbonyl (C=O) groups is 6. The summed E-state index contributed by atoms with van der Waals surface area (Å²) in [7, 11) is 1.16. The van der Waals surface area contributed by atoms with Crippen molar-refractivity contribution in [3.8, 4) is 0 Å². The molecule has 0 aliphatic carbocycles. The molecule has 1 unspecified atom stereocenters. The topological polar surface area (TPSA) is 197 Å². The number of nitrogens with zero attached hydrogens (tertiary/aromatic N) is 1. The summed E-state index contributed by atoms with van der Waals surface area (Å²) < 4.78 is 4.67. The molecule has 0 aromatic carbocycles. The highest BCUT2D eigenvalue weighted by Crippen LogP contribution is 2.16. The van der Waals surface area contributed by atoms with Crippen LogP contribution >= 0.6 is 0 Å². The largest absolute Gasteiger partial charge is 0.464 e. The van der Waals surface area contributed by atoms with Gasteiger partial charge in [-0.05, 0) is 40.0 Å². The summed E-state index contributed by atoms with van der Waals surface area (Å²) >= 11 is 0. The second kappa shape index (κ2) is 13.6. The average molecular weight is 488 g/mol. The first kappa shape index (κ1) is 30.9. The maximum Gasteiger partial charge on any atom is 0.346 e. The van der Waals surface area contributed by atoms with Gasteiger partial charge >= 0.3 is 5.97 Å². The summed E-state index contributed by atoms with van der Waals surface area (Å²) in [6.45, 7) is 8.80. The van der Waals surface area contributed by atoms with E-state index in [0.717, 1.165) is 14.0 Å². The van der Waals surface area contributed by atoms with Crippen LogP contribution in [0.25, 0.3) is 0 Å². The highest BCUT2D eigenvalue weighted by molar-refractivity contribution is 6.09. The molecule has 0 saturated carbocycles. The van der Waals surface area contributed by atoms with Gasteiger partial charge in [0.25, 0.3) is 5.91 Å². The molecule has 194 valence electrons. The summed E-state index contributed by atoms with van der Waals surface area (Å²) in [6, 6.07) is -2.88. The minimum atomic E-state index is -2.70. The number of hydrogen-bond donors (Lipinski definition) is 5. The molecule has 0 saturated heterocycles. The molecule has 0 aliphatic rings. The fourth-order valence-electron chi connectivity index (χ4n) is 2.64. The van der Waals surface area contributed by atoms with Gasteiger partial charge in [-0.2, -0.15) is 0 Å². The van der Waals surface area contributed by atoms with E-state index in [1.807, 2.05) is 13.8 Å². The van der Waals surface area contributed by atoms with Crippen LogP contribution in [0.2, 0.25) is 0 Å². The Morgan fingerprint density at radius 1 is 1.00 bits per heavy atom. The Kier molecular flexibility index (Phi) is 12.4. The van der Waals surface area contributed by atoms with Crippen molar-refractivity contribution in [2.45, 2.75) is 78.1 Å². The zero-order valence-corrected chi connectivity index (χ0v) is 20.8. The number of aliphatic hydroxyl groups is 1. The molecule has 0 aromatic rings. The molecule has 0 aliphatic heterocycles. The molecule has 13 heteroatoms. The summed E-state index contributed by atoms with van der Waals surface area (Å²) in [5.41, 5.74) is 5.03. The number of amides is 4. The third-order valence-electron chi connectivity index (χ3n) is 4.76. The lowest BCUT2D eigenvalue weighted by Crippen LogP contribution is -2.58. The number of ether oxygens (including phenoxy) is 1. The molecule has 34 heavy (non-hydrogen) atoms. The summed E-state index contributed by atoms with van der Waals surface area (Å²) in [5.74, 6) is -5.19. The summed E-state index contributed by atoms with van der Waals surface area (Å²) in [6.07, 6.45) is -0.757. The molecular formula is C21H37N5O8. The first-order chi connectivity index (χ1) is 15.6. The average Bonchev–Trinajstić information content (AvgIpc) is 2.72. The summed E-state index contributed by atoms with van der Waals surface area (Å²) in [4.78, 5) is 73.2. The van der Waals surface area contributed by atoms with Crippen molar-refractivity contribution in [3.63, 3.8) is 0 Å². The maximum absolute atomic E-state index is 12.8. The zero-order chi connectivity index (χ0) is 26.8. The predicted molar refractivity (Wildman–Crippen MR) is 120 cm³/mol. The van der Waals surface area contributed by atoms with Gasteiger partial charge in [0.15, 0.2) is 5.78 Å². The number of nitrogens with one attached hydrogen (secondary N) is 3. The fraction of sp³-hybridized carbons (Fsp3) is 0.714. The van der Waals surface area contributed by atoms with E-state index < -0.39 is 65.5 Å². The number of esters is 1. The zero-order valence-electron chi connectivity index (χ0n) is 20.8. The lowest BCUT2D eigenvalue weighted by atomic mass is 9.95. The first-order valence-corrected chi connectivity index (χ1v) is 10.9. The van der Waals surface area contributed by atoms with Crippen molar-refractivity contribution in [1.82, 2.24) is 21.1 Å². The Bertz CT molecular complexity index is 785. The van der Waals surface area contributed by atoms with Gasteiger partial charge in [-0.3, -0.25) is 34.4 Å².